The monoisotopic (exact) mass is 391 g/mol. The van der Waals surface area contributed by atoms with Gasteiger partial charge < -0.3 is 4.74 Å². The third kappa shape index (κ3) is 3.97. The molecule has 0 N–H and O–H groups in total. The normalized spacial score (nSPS) is 16.3. The van der Waals surface area contributed by atoms with Crippen molar-refractivity contribution in [1.82, 2.24) is 9.97 Å². The van der Waals surface area contributed by atoms with Crippen LogP contribution in [0, 0.1) is 18.8 Å². The van der Waals surface area contributed by atoms with Crippen LogP contribution in [-0.2, 0) is 11.2 Å². The number of methoxy groups -OCH3 is 1. The zero-order valence-corrected chi connectivity index (χ0v) is 16.4. The third-order valence-electron chi connectivity index (χ3n) is 5.32. The number of pyridine rings is 2. The number of carbonyl (C=O) groups is 1. The molecule has 0 aliphatic carbocycles. The second-order valence-corrected chi connectivity index (χ2v) is 7.20. The van der Waals surface area contributed by atoms with E-state index >= 15 is 0 Å². The van der Waals surface area contributed by atoms with Gasteiger partial charge in [0, 0.05) is 36.0 Å². The number of hydrogen-bond donors (Lipinski definition) is 0. The van der Waals surface area contributed by atoms with Crippen molar-refractivity contribution < 1.29 is 13.9 Å². The van der Waals surface area contributed by atoms with Crippen LogP contribution < -0.4 is 9.64 Å². The highest BCUT2D eigenvalue weighted by atomic mass is 19.1. The summed E-state index contributed by atoms with van der Waals surface area (Å²) in [6.45, 7) is 2.51. The van der Waals surface area contributed by atoms with Gasteiger partial charge in [-0.25, -0.2) is 9.97 Å². The molecule has 0 radical (unpaired) electrons. The van der Waals surface area contributed by atoms with Crippen LogP contribution in [0.3, 0.4) is 0 Å². The highest BCUT2D eigenvalue weighted by molar-refractivity contribution is 5.96. The summed E-state index contributed by atoms with van der Waals surface area (Å²) in [5, 5.41) is 0. The molecule has 1 amide bonds. The smallest absolute Gasteiger partial charge is 0.231 e. The Kier molecular flexibility index (Phi) is 5.25. The summed E-state index contributed by atoms with van der Waals surface area (Å²) in [7, 11) is 1.64. The van der Waals surface area contributed by atoms with E-state index in [9.17, 15) is 9.18 Å². The molecule has 0 bridgehead atoms. The van der Waals surface area contributed by atoms with Crippen LogP contribution in [0.2, 0.25) is 0 Å². The molecular formula is C23H22FN3O2. The fraction of sp³-hybridized carbons (Fsp3) is 0.261. The molecule has 1 aliphatic rings. The van der Waals surface area contributed by atoms with Crippen LogP contribution in [0.5, 0.6) is 5.75 Å². The maximum atomic E-state index is 13.4. The first-order chi connectivity index (χ1) is 14.0. The molecule has 1 saturated heterocycles. The van der Waals surface area contributed by atoms with Gasteiger partial charge in [0.25, 0.3) is 0 Å². The minimum Gasteiger partial charge on any atom is -0.497 e. The average Bonchev–Trinajstić information content (AvgIpc) is 3.08. The number of carbonyl (C=O) groups excluding carboxylic acids is 1. The van der Waals surface area contributed by atoms with Gasteiger partial charge in [-0.1, -0.05) is 12.1 Å². The highest BCUT2D eigenvalue weighted by Crippen LogP contribution is 2.30. The topological polar surface area (TPSA) is 55.3 Å². The van der Waals surface area contributed by atoms with Gasteiger partial charge in [0.2, 0.25) is 11.9 Å². The number of anilines is 1. The van der Waals surface area contributed by atoms with Crippen LogP contribution in [0.25, 0.3) is 11.1 Å². The fourth-order valence-electron chi connectivity index (χ4n) is 3.81. The minimum atomic E-state index is -0.527. The molecule has 0 spiro atoms. The Hall–Kier alpha value is -3.28. The summed E-state index contributed by atoms with van der Waals surface area (Å²) in [5.41, 5.74) is 3.38. The van der Waals surface area contributed by atoms with Crippen molar-refractivity contribution in [3.63, 3.8) is 0 Å². The van der Waals surface area contributed by atoms with E-state index < -0.39 is 5.95 Å². The van der Waals surface area contributed by atoms with Gasteiger partial charge in [0.15, 0.2) is 0 Å². The SMILES string of the molecule is COc1cccc(CC2CCN(c3ccc(-c4ccnc(F)c4)c(C)n3)C2=O)c1. The Morgan fingerprint density at radius 2 is 2.07 bits per heavy atom. The predicted octanol–water partition coefficient (Wildman–Crippen LogP) is 4.20. The van der Waals surface area contributed by atoms with E-state index in [2.05, 4.69) is 9.97 Å². The molecule has 3 heterocycles. The molecule has 0 saturated carbocycles. The number of benzene rings is 1. The molecule has 1 unspecified atom stereocenters. The van der Waals surface area contributed by atoms with E-state index in [-0.39, 0.29) is 11.8 Å². The number of halogens is 1. The van der Waals surface area contributed by atoms with Crippen LogP contribution in [-0.4, -0.2) is 29.5 Å². The molecule has 1 aliphatic heterocycles. The van der Waals surface area contributed by atoms with Crippen molar-refractivity contribution in [3.8, 4) is 16.9 Å². The summed E-state index contributed by atoms with van der Waals surface area (Å²) in [6, 6.07) is 14.7. The fourth-order valence-corrected chi connectivity index (χ4v) is 3.81. The van der Waals surface area contributed by atoms with Gasteiger partial charge in [0.05, 0.1) is 7.11 Å². The zero-order valence-electron chi connectivity index (χ0n) is 16.4. The highest BCUT2D eigenvalue weighted by Gasteiger charge is 2.33. The molecule has 3 aromatic rings. The first-order valence-electron chi connectivity index (χ1n) is 9.59. The maximum absolute atomic E-state index is 13.4. The Labute approximate surface area is 169 Å². The van der Waals surface area contributed by atoms with Crippen molar-refractivity contribution in [1.29, 1.82) is 0 Å². The number of hydrogen-bond acceptors (Lipinski definition) is 4. The Morgan fingerprint density at radius 3 is 2.83 bits per heavy atom. The second-order valence-electron chi connectivity index (χ2n) is 7.20. The van der Waals surface area contributed by atoms with E-state index in [0.717, 1.165) is 34.6 Å². The lowest BCUT2D eigenvalue weighted by atomic mass is 9.98. The number of amides is 1. The Morgan fingerprint density at radius 1 is 1.21 bits per heavy atom. The number of rotatable bonds is 5. The van der Waals surface area contributed by atoms with Crippen molar-refractivity contribution in [2.24, 2.45) is 5.92 Å². The van der Waals surface area contributed by atoms with E-state index in [1.54, 1.807) is 18.1 Å². The average molecular weight is 391 g/mol. The van der Waals surface area contributed by atoms with E-state index in [1.165, 1.54) is 12.3 Å². The van der Waals surface area contributed by atoms with Gasteiger partial charge in [-0.15, -0.1) is 0 Å². The van der Waals surface area contributed by atoms with Gasteiger partial charge >= 0.3 is 0 Å². The van der Waals surface area contributed by atoms with Crippen molar-refractivity contribution in [2.45, 2.75) is 19.8 Å². The van der Waals surface area contributed by atoms with Gasteiger partial charge in [0.1, 0.15) is 11.6 Å². The zero-order chi connectivity index (χ0) is 20.4. The molecule has 6 heteroatoms. The number of aryl methyl sites for hydroxylation is 1. The second kappa shape index (κ2) is 7.99. The van der Waals surface area contributed by atoms with Gasteiger partial charge in [-0.3, -0.25) is 9.69 Å². The molecule has 148 valence electrons. The van der Waals surface area contributed by atoms with Crippen LogP contribution in [0.1, 0.15) is 17.7 Å². The van der Waals surface area contributed by atoms with Crippen molar-refractivity contribution >= 4 is 11.7 Å². The Bertz CT molecular complexity index is 1050. The lowest BCUT2D eigenvalue weighted by Gasteiger charge is -2.17. The molecule has 1 aromatic carbocycles. The summed E-state index contributed by atoms with van der Waals surface area (Å²) in [5.74, 6) is 0.922. The van der Waals surface area contributed by atoms with E-state index in [1.807, 2.05) is 43.3 Å². The first kappa shape index (κ1) is 19.1. The molecule has 29 heavy (non-hydrogen) atoms. The summed E-state index contributed by atoms with van der Waals surface area (Å²) >= 11 is 0. The number of nitrogens with zero attached hydrogens (tertiary/aromatic N) is 3. The van der Waals surface area contributed by atoms with Crippen LogP contribution >= 0.6 is 0 Å². The summed E-state index contributed by atoms with van der Waals surface area (Å²) in [4.78, 5) is 22.9. The third-order valence-corrected chi connectivity index (χ3v) is 5.32. The van der Waals surface area contributed by atoms with Crippen LogP contribution in [0.4, 0.5) is 10.2 Å². The minimum absolute atomic E-state index is 0.0711. The molecule has 1 fully saturated rings. The predicted molar refractivity (Wildman–Crippen MR) is 109 cm³/mol. The largest absolute Gasteiger partial charge is 0.497 e. The summed E-state index contributed by atoms with van der Waals surface area (Å²) in [6.07, 6.45) is 2.90. The number of ether oxygens (including phenoxy) is 1. The van der Waals surface area contributed by atoms with Crippen molar-refractivity contribution in [3.05, 3.63) is 71.9 Å². The molecule has 2 aromatic heterocycles. The van der Waals surface area contributed by atoms with Crippen molar-refractivity contribution in [2.75, 3.05) is 18.6 Å². The molecule has 1 atom stereocenters. The van der Waals surface area contributed by atoms with Crippen LogP contribution in [0.15, 0.2) is 54.7 Å². The van der Waals surface area contributed by atoms with Gasteiger partial charge in [-0.2, -0.15) is 4.39 Å². The van der Waals surface area contributed by atoms with E-state index in [4.69, 9.17) is 4.74 Å². The lowest BCUT2D eigenvalue weighted by Crippen LogP contribution is -2.28. The standard InChI is InChI=1S/C23H22FN3O2/c1-15-20(17-8-10-25-21(24)14-17)6-7-22(26-15)27-11-9-18(23(27)28)12-16-4-3-5-19(13-16)29-2/h3-8,10,13-14,18H,9,11-12H2,1-2H3. The first-order valence-corrected chi connectivity index (χ1v) is 9.59. The summed E-state index contributed by atoms with van der Waals surface area (Å²) < 4.78 is 18.7. The van der Waals surface area contributed by atoms with E-state index in [0.29, 0.717) is 18.8 Å². The maximum Gasteiger partial charge on any atom is 0.231 e. The number of aromatic nitrogens is 2. The van der Waals surface area contributed by atoms with Gasteiger partial charge in [-0.05, 0) is 61.2 Å². The quantitative estimate of drug-likeness (QED) is 0.612. The lowest BCUT2D eigenvalue weighted by molar-refractivity contribution is -0.120. The molecule has 5 nitrogen and oxygen atoms in total. The molecular weight excluding hydrogens is 369 g/mol. The Balaban J connectivity index is 1.52. The molecule has 4 rings (SSSR count).